The average molecular weight is 323 g/mol. The van der Waals surface area contributed by atoms with Crippen LogP contribution in [0.1, 0.15) is 10.5 Å². The molecule has 0 saturated heterocycles. The van der Waals surface area contributed by atoms with Crippen LogP contribution in [0.4, 0.5) is 5.69 Å². The van der Waals surface area contributed by atoms with E-state index in [2.05, 4.69) is 26.2 Å². The van der Waals surface area contributed by atoms with Crippen molar-refractivity contribution in [3.05, 3.63) is 46.7 Å². The van der Waals surface area contributed by atoms with Crippen molar-refractivity contribution in [3.63, 3.8) is 0 Å². The van der Waals surface area contributed by atoms with Gasteiger partial charge in [-0.15, -0.1) is 0 Å². The summed E-state index contributed by atoms with van der Waals surface area (Å²) in [6.45, 7) is 0. The predicted octanol–water partition coefficient (Wildman–Crippen LogP) is 2.81. The van der Waals surface area contributed by atoms with Gasteiger partial charge in [0.2, 0.25) is 0 Å². The van der Waals surface area contributed by atoms with E-state index in [0.717, 1.165) is 4.47 Å². The molecule has 6 heteroatoms. The summed E-state index contributed by atoms with van der Waals surface area (Å²) < 4.78 is 5.75. The maximum atomic E-state index is 11.9. The van der Waals surface area contributed by atoms with Gasteiger partial charge in [-0.05, 0) is 40.2 Å². The molecule has 0 bridgehead atoms. The minimum Gasteiger partial charge on any atom is -0.503 e. The van der Waals surface area contributed by atoms with Gasteiger partial charge >= 0.3 is 0 Å². The second-order valence-corrected chi connectivity index (χ2v) is 4.59. The Morgan fingerprint density at radius 2 is 2.16 bits per heavy atom. The number of rotatable bonds is 3. The summed E-state index contributed by atoms with van der Waals surface area (Å²) in [6.07, 6.45) is 1.53. The first-order valence-corrected chi connectivity index (χ1v) is 6.20. The third-order valence-corrected chi connectivity index (χ3v) is 2.90. The molecule has 1 aromatic carbocycles. The minimum atomic E-state index is -0.406. The molecule has 19 heavy (non-hydrogen) atoms. The first-order valence-electron chi connectivity index (χ1n) is 5.40. The number of para-hydroxylation sites is 1. The highest BCUT2D eigenvalue weighted by molar-refractivity contribution is 9.10. The molecule has 0 aliphatic rings. The van der Waals surface area contributed by atoms with Crippen LogP contribution in [0.5, 0.6) is 11.5 Å². The molecule has 0 aliphatic carbocycles. The van der Waals surface area contributed by atoms with E-state index in [9.17, 15) is 9.90 Å². The number of amides is 1. The van der Waals surface area contributed by atoms with E-state index >= 15 is 0 Å². The summed E-state index contributed by atoms with van der Waals surface area (Å²) in [7, 11) is 1.44. The molecular weight excluding hydrogens is 312 g/mol. The minimum absolute atomic E-state index is 0.115. The van der Waals surface area contributed by atoms with Gasteiger partial charge in [0, 0.05) is 10.7 Å². The van der Waals surface area contributed by atoms with Crippen LogP contribution >= 0.6 is 15.9 Å². The Morgan fingerprint density at radius 3 is 2.79 bits per heavy atom. The molecule has 0 saturated carbocycles. The van der Waals surface area contributed by atoms with Gasteiger partial charge in [-0.3, -0.25) is 4.79 Å². The summed E-state index contributed by atoms with van der Waals surface area (Å²) >= 11 is 3.24. The number of halogens is 1. The van der Waals surface area contributed by atoms with Gasteiger partial charge in [-0.25, -0.2) is 4.98 Å². The molecule has 0 fully saturated rings. The van der Waals surface area contributed by atoms with Gasteiger partial charge in [-0.1, -0.05) is 6.07 Å². The fourth-order valence-corrected chi connectivity index (χ4v) is 1.72. The highest BCUT2D eigenvalue weighted by Crippen LogP contribution is 2.33. The Labute approximate surface area is 118 Å². The van der Waals surface area contributed by atoms with Crippen molar-refractivity contribution in [1.29, 1.82) is 0 Å². The number of benzene rings is 1. The maximum Gasteiger partial charge on any atom is 0.274 e. The number of aromatic hydroxyl groups is 1. The fourth-order valence-electron chi connectivity index (χ4n) is 1.48. The zero-order chi connectivity index (χ0) is 13.8. The number of carbonyl (C=O) groups is 1. The van der Waals surface area contributed by atoms with Crippen LogP contribution in [-0.2, 0) is 0 Å². The lowest BCUT2D eigenvalue weighted by molar-refractivity contribution is 0.102. The van der Waals surface area contributed by atoms with E-state index in [0.29, 0.717) is 5.75 Å². The summed E-state index contributed by atoms with van der Waals surface area (Å²) in [5.74, 6) is -0.229. The van der Waals surface area contributed by atoms with Crippen LogP contribution in [0, 0.1) is 0 Å². The van der Waals surface area contributed by atoms with Crippen LogP contribution in [0.3, 0.4) is 0 Å². The number of nitrogens with zero attached hydrogens (tertiary/aromatic N) is 1. The second-order valence-electron chi connectivity index (χ2n) is 3.67. The van der Waals surface area contributed by atoms with E-state index in [1.54, 1.807) is 30.3 Å². The molecule has 0 spiro atoms. The first-order chi connectivity index (χ1) is 9.11. The lowest BCUT2D eigenvalue weighted by Gasteiger charge is -2.09. The van der Waals surface area contributed by atoms with Gasteiger partial charge in [-0.2, -0.15) is 0 Å². The Hall–Kier alpha value is -2.08. The maximum absolute atomic E-state index is 11.9. The topological polar surface area (TPSA) is 71.5 Å². The van der Waals surface area contributed by atoms with E-state index in [-0.39, 0.29) is 17.1 Å². The predicted molar refractivity (Wildman–Crippen MR) is 74.5 cm³/mol. The monoisotopic (exact) mass is 322 g/mol. The summed E-state index contributed by atoms with van der Waals surface area (Å²) in [6, 6.07) is 8.14. The Bertz CT molecular complexity index is 599. The van der Waals surface area contributed by atoms with E-state index in [4.69, 9.17) is 4.74 Å². The molecule has 2 N–H and O–H groups in total. The lowest BCUT2D eigenvalue weighted by atomic mass is 10.2. The molecule has 0 atom stereocenters. The molecule has 1 aromatic heterocycles. The van der Waals surface area contributed by atoms with E-state index in [1.807, 2.05) is 0 Å². The van der Waals surface area contributed by atoms with Crippen molar-refractivity contribution < 1.29 is 14.6 Å². The Balaban J connectivity index is 2.21. The van der Waals surface area contributed by atoms with Crippen molar-refractivity contribution in [2.45, 2.75) is 0 Å². The van der Waals surface area contributed by atoms with Crippen molar-refractivity contribution in [1.82, 2.24) is 4.98 Å². The zero-order valence-electron chi connectivity index (χ0n) is 10.1. The third-order valence-electron chi connectivity index (χ3n) is 2.43. The Kier molecular flexibility index (Phi) is 4.01. The third kappa shape index (κ3) is 3.03. The number of hydrogen-bond acceptors (Lipinski definition) is 4. The first kappa shape index (κ1) is 13.4. The molecule has 1 heterocycles. The van der Waals surface area contributed by atoms with Crippen LogP contribution in [0.15, 0.2) is 41.0 Å². The molecule has 1 amide bonds. The molecular formula is C13H11BrN2O3. The normalized spacial score (nSPS) is 10.0. The number of methoxy groups -OCH3 is 1. The molecule has 0 unspecified atom stereocenters. The largest absolute Gasteiger partial charge is 0.503 e. The van der Waals surface area contributed by atoms with Crippen LogP contribution in [0.25, 0.3) is 0 Å². The number of pyridine rings is 1. The highest BCUT2D eigenvalue weighted by atomic mass is 79.9. The second kappa shape index (κ2) is 5.71. The lowest BCUT2D eigenvalue weighted by Crippen LogP contribution is -2.13. The number of nitrogens with one attached hydrogen (secondary N) is 1. The summed E-state index contributed by atoms with van der Waals surface area (Å²) in [5, 5.41) is 12.4. The van der Waals surface area contributed by atoms with Gasteiger partial charge in [0.15, 0.2) is 11.5 Å². The van der Waals surface area contributed by atoms with E-state index in [1.165, 1.54) is 13.3 Å². The number of ether oxygens (including phenoxy) is 1. The number of phenolic OH excluding ortho intramolecular Hbond substituents is 1. The van der Waals surface area contributed by atoms with Crippen molar-refractivity contribution in [2.24, 2.45) is 0 Å². The van der Waals surface area contributed by atoms with Crippen molar-refractivity contribution >= 4 is 27.5 Å². The molecule has 2 rings (SSSR count). The zero-order valence-corrected chi connectivity index (χ0v) is 11.6. The van der Waals surface area contributed by atoms with Gasteiger partial charge in [0.05, 0.1) is 12.8 Å². The van der Waals surface area contributed by atoms with Crippen LogP contribution < -0.4 is 10.1 Å². The van der Waals surface area contributed by atoms with Crippen molar-refractivity contribution in [2.75, 3.05) is 12.4 Å². The average Bonchev–Trinajstić information content (AvgIpc) is 2.42. The molecule has 2 aromatic rings. The van der Waals surface area contributed by atoms with Crippen LogP contribution in [0.2, 0.25) is 0 Å². The number of hydrogen-bond donors (Lipinski definition) is 2. The molecule has 98 valence electrons. The molecule has 0 aliphatic heterocycles. The number of aromatic nitrogens is 1. The molecule has 5 nitrogen and oxygen atoms in total. The Morgan fingerprint density at radius 1 is 1.37 bits per heavy atom. The highest BCUT2D eigenvalue weighted by Gasteiger charge is 2.12. The summed E-state index contributed by atoms with van der Waals surface area (Å²) in [5.41, 5.74) is 0.527. The van der Waals surface area contributed by atoms with Gasteiger partial charge < -0.3 is 15.2 Å². The number of carbonyl (C=O) groups excluding carboxylic acids is 1. The van der Waals surface area contributed by atoms with Gasteiger partial charge in [0.25, 0.3) is 5.91 Å². The smallest absolute Gasteiger partial charge is 0.274 e. The van der Waals surface area contributed by atoms with E-state index < -0.39 is 5.91 Å². The van der Waals surface area contributed by atoms with Gasteiger partial charge in [0.1, 0.15) is 5.69 Å². The molecule has 0 radical (unpaired) electrons. The fraction of sp³-hybridized carbons (Fsp3) is 0.0769. The van der Waals surface area contributed by atoms with Crippen LogP contribution in [-0.4, -0.2) is 23.1 Å². The standard InChI is InChI=1S/C13H11BrN2O3/c1-19-11-4-2-3-9(12(11)17)16-13(18)10-6-5-8(14)7-15-10/h2-7,17H,1H3,(H,16,18). The number of anilines is 1. The number of phenols is 1. The quantitative estimate of drug-likeness (QED) is 0.852. The SMILES string of the molecule is COc1cccc(NC(=O)c2ccc(Br)cn2)c1O. The summed E-state index contributed by atoms with van der Waals surface area (Å²) in [4.78, 5) is 15.9. The van der Waals surface area contributed by atoms with Crippen molar-refractivity contribution in [3.8, 4) is 11.5 Å².